The molecule has 2 amide bonds. The number of piperidine rings is 2. The van der Waals surface area contributed by atoms with Gasteiger partial charge in [-0.25, -0.2) is 0 Å². The lowest BCUT2D eigenvalue weighted by Crippen LogP contribution is -2.50. The zero-order valence-corrected chi connectivity index (χ0v) is 19.7. The molecule has 0 unspecified atom stereocenters. The molecule has 3 aromatic carbocycles. The van der Waals surface area contributed by atoms with Crippen LogP contribution in [0.2, 0.25) is 0 Å². The van der Waals surface area contributed by atoms with Gasteiger partial charge in [0, 0.05) is 37.2 Å². The highest BCUT2D eigenvalue weighted by atomic mass is 16.2. The Morgan fingerprint density at radius 3 is 2.21 bits per heavy atom. The molecule has 0 spiro atoms. The maximum absolute atomic E-state index is 13.2. The molecular weight excluding hydrogens is 422 g/mol. The summed E-state index contributed by atoms with van der Waals surface area (Å²) in [6.45, 7) is 4.12. The van der Waals surface area contributed by atoms with Gasteiger partial charge in [-0.05, 0) is 61.2 Å². The molecule has 5 nitrogen and oxygen atoms in total. The lowest BCUT2D eigenvalue weighted by atomic mass is 9.92. The van der Waals surface area contributed by atoms with Crippen LogP contribution >= 0.6 is 0 Å². The maximum Gasteiger partial charge on any atom is 0.254 e. The zero-order valence-electron chi connectivity index (χ0n) is 19.7. The van der Waals surface area contributed by atoms with Gasteiger partial charge in [0.15, 0.2) is 0 Å². The Hall–Kier alpha value is -3.18. The van der Waals surface area contributed by atoms with Crippen LogP contribution in [0.5, 0.6) is 0 Å². The van der Waals surface area contributed by atoms with Crippen molar-refractivity contribution >= 4 is 22.6 Å². The number of rotatable bonds is 5. The standard InChI is InChI=1S/C29H33N3O2/c33-28(30-21-22-7-2-1-3-8-22)24-13-17-31(18-14-24)25-15-19-32(20-16-25)29(34)27-12-6-10-23-9-4-5-11-26(23)27/h1-12,24-25H,13-21H2,(H,30,33). The predicted octanol–water partition coefficient (Wildman–Crippen LogP) is 4.47. The SMILES string of the molecule is O=C(NCc1ccccc1)C1CCN(C2CCN(C(=O)c3cccc4ccccc34)CC2)CC1. The summed E-state index contributed by atoms with van der Waals surface area (Å²) in [6.07, 6.45) is 3.83. The minimum Gasteiger partial charge on any atom is -0.352 e. The monoisotopic (exact) mass is 455 g/mol. The Kier molecular flexibility index (Phi) is 6.91. The minimum atomic E-state index is 0.105. The third kappa shape index (κ3) is 5.00. The van der Waals surface area contributed by atoms with Crippen LogP contribution in [0.3, 0.4) is 0 Å². The van der Waals surface area contributed by atoms with Gasteiger partial charge in [0.1, 0.15) is 0 Å². The zero-order chi connectivity index (χ0) is 23.3. The first kappa shape index (κ1) is 22.6. The largest absolute Gasteiger partial charge is 0.352 e. The summed E-state index contributed by atoms with van der Waals surface area (Å²) in [5.74, 6) is 0.427. The maximum atomic E-state index is 13.2. The second-order valence-electron chi connectivity index (χ2n) is 9.56. The van der Waals surface area contributed by atoms with Gasteiger partial charge in [0.05, 0.1) is 0 Å². The summed E-state index contributed by atoms with van der Waals surface area (Å²) < 4.78 is 0. The van der Waals surface area contributed by atoms with Crippen LogP contribution in [0.15, 0.2) is 72.8 Å². The van der Waals surface area contributed by atoms with E-state index in [1.54, 1.807) is 0 Å². The highest BCUT2D eigenvalue weighted by Crippen LogP contribution is 2.26. The minimum absolute atomic E-state index is 0.105. The molecule has 0 saturated carbocycles. The number of hydrogen-bond acceptors (Lipinski definition) is 3. The van der Waals surface area contributed by atoms with E-state index in [1.165, 1.54) is 0 Å². The van der Waals surface area contributed by atoms with E-state index in [4.69, 9.17) is 0 Å². The van der Waals surface area contributed by atoms with Crippen molar-refractivity contribution in [2.24, 2.45) is 5.92 Å². The lowest BCUT2D eigenvalue weighted by Gasteiger charge is -2.41. The normalized spacial score (nSPS) is 18.2. The number of carbonyl (C=O) groups excluding carboxylic acids is 2. The van der Waals surface area contributed by atoms with E-state index in [2.05, 4.69) is 22.3 Å². The summed E-state index contributed by atoms with van der Waals surface area (Å²) in [6, 6.07) is 24.7. The van der Waals surface area contributed by atoms with E-state index >= 15 is 0 Å². The van der Waals surface area contributed by atoms with Crippen molar-refractivity contribution in [3.8, 4) is 0 Å². The molecule has 2 heterocycles. The quantitative estimate of drug-likeness (QED) is 0.618. The van der Waals surface area contributed by atoms with Crippen molar-refractivity contribution in [3.05, 3.63) is 83.9 Å². The number of amides is 2. The molecule has 2 fully saturated rings. The number of carbonyl (C=O) groups is 2. The molecule has 2 aliphatic heterocycles. The molecule has 2 aliphatic rings. The third-order valence-electron chi connectivity index (χ3n) is 7.50. The molecule has 0 aliphatic carbocycles. The summed E-state index contributed by atoms with van der Waals surface area (Å²) >= 11 is 0. The summed E-state index contributed by atoms with van der Waals surface area (Å²) in [7, 11) is 0. The second kappa shape index (κ2) is 10.4. The average molecular weight is 456 g/mol. The van der Waals surface area contributed by atoms with E-state index in [0.29, 0.717) is 12.6 Å². The fourth-order valence-electron chi connectivity index (χ4n) is 5.47. The molecule has 34 heavy (non-hydrogen) atoms. The number of nitrogens with one attached hydrogen (secondary N) is 1. The van der Waals surface area contributed by atoms with Gasteiger partial charge in [-0.3, -0.25) is 9.59 Å². The van der Waals surface area contributed by atoms with Crippen molar-refractivity contribution in [3.63, 3.8) is 0 Å². The van der Waals surface area contributed by atoms with Crippen molar-refractivity contribution in [2.45, 2.75) is 38.3 Å². The number of benzene rings is 3. The highest BCUT2D eigenvalue weighted by Gasteiger charge is 2.32. The summed E-state index contributed by atoms with van der Waals surface area (Å²) in [5, 5.41) is 5.25. The fourth-order valence-corrected chi connectivity index (χ4v) is 5.47. The molecule has 0 radical (unpaired) electrons. The van der Waals surface area contributed by atoms with E-state index in [-0.39, 0.29) is 17.7 Å². The van der Waals surface area contributed by atoms with Gasteiger partial charge in [-0.2, -0.15) is 0 Å². The molecular formula is C29H33N3O2. The Labute approximate surface area is 201 Å². The highest BCUT2D eigenvalue weighted by molar-refractivity contribution is 6.07. The van der Waals surface area contributed by atoms with Crippen LogP contribution in [0.25, 0.3) is 10.8 Å². The molecule has 5 rings (SSSR count). The first-order valence-electron chi connectivity index (χ1n) is 12.5. The van der Waals surface area contributed by atoms with Gasteiger partial charge in [0.2, 0.25) is 5.91 Å². The number of hydrogen-bond donors (Lipinski definition) is 1. The van der Waals surface area contributed by atoms with E-state index in [0.717, 1.165) is 73.8 Å². The van der Waals surface area contributed by atoms with Crippen LogP contribution in [-0.4, -0.2) is 53.8 Å². The van der Waals surface area contributed by atoms with Gasteiger partial charge in [-0.1, -0.05) is 66.7 Å². The van der Waals surface area contributed by atoms with Crippen LogP contribution in [0.4, 0.5) is 0 Å². The van der Waals surface area contributed by atoms with Gasteiger partial charge >= 0.3 is 0 Å². The average Bonchev–Trinajstić information content (AvgIpc) is 2.92. The number of nitrogens with zero attached hydrogens (tertiary/aromatic N) is 2. The first-order valence-corrected chi connectivity index (χ1v) is 12.5. The Balaban J connectivity index is 1.10. The van der Waals surface area contributed by atoms with Crippen LogP contribution in [0, 0.1) is 5.92 Å². The first-order chi connectivity index (χ1) is 16.7. The molecule has 2 saturated heterocycles. The molecule has 5 heteroatoms. The van der Waals surface area contributed by atoms with Gasteiger partial charge in [-0.15, -0.1) is 0 Å². The Bertz CT molecular complexity index is 1130. The predicted molar refractivity (Wildman–Crippen MR) is 135 cm³/mol. The van der Waals surface area contributed by atoms with Crippen molar-refractivity contribution < 1.29 is 9.59 Å². The van der Waals surface area contributed by atoms with E-state index in [1.807, 2.05) is 65.6 Å². The van der Waals surface area contributed by atoms with Crippen LogP contribution < -0.4 is 5.32 Å². The Morgan fingerprint density at radius 2 is 1.44 bits per heavy atom. The number of likely N-dealkylation sites (tertiary alicyclic amines) is 2. The smallest absolute Gasteiger partial charge is 0.254 e. The van der Waals surface area contributed by atoms with Crippen molar-refractivity contribution in [1.29, 1.82) is 0 Å². The van der Waals surface area contributed by atoms with Gasteiger partial charge in [0.25, 0.3) is 5.91 Å². The van der Waals surface area contributed by atoms with Crippen LogP contribution in [-0.2, 0) is 11.3 Å². The molecule has 0 bridgehead atoms. The summed E-state index contributed by atoms with van der Waals surface area (Å²) in [4.78, 5) is 30.4. The van der Waals surface area contributed by atoms with Crippen molar-refractivity contribution in [1.82, 2.24) is 15.1 Å². The summed E-state index contributed by atoms with van der Waals surface area (Å²) in [5.41, 5.74) is 1.94. The van der Waals surface area contributed by atoms with Gasteiger partial charge < -0.3 is 15.1 Å². The molecule has 0 atom stereocenters. The molecule has 3 aromatic rings. The number of fused-ring (bicyclic) bond motifs is 1. The topological polar surface area (TPSA) is 52.7 Å². The molecule has 176 valence electrons. The second-order valence-corrected chi connectivity index (χ2v) is 9.56. The third-order valence-corrected chi connectivity index (χ3v) is 7.50. The fraction of sp³-hybridized carbons (Fsp3) is 0.379. The Morgan fingerprint density at radius 1 is 0.765 bits per heavy atom. The van der Waals surface area contributed by atoms with Crippen molar-refractivity contribution in [2.75, 3.05) is 26.2 Å². The van der Waals surface area contributed by atoms with E-state index in [9.17, 15) is 9.59 Å². The van der Waals surface area contributed by atoms with Crippen LogP contribution in [0.1, 0.15) is 41.6 Å². The molecule has 0 aromatic heterocycles. The van der Waals surface area contributed by atoms with E-state index < -0.39 is 0 Å². The lowest BCUT2D eigenvalue weighted by molar-refractivity contribution is -0.126. The molecule has 1 N–H and O–H groups in total.